The van der Waals surface area contributed by atoms with E-state index in [0.717, 1.165) is 20.6 Å². The number of para-hydroxylation sites is 1. The van der Waals surface area contributed by atoms with Crippen LogP contribution in [0.1, 0.15) is 5.01 Å². The first-order valence-corrected chi connectivity index (χ1v) is 8.01. The molecular formula is C12H12N2O3S2. The van der Waals surface area contributed by atoms with E-state index < -0.39 is 15.6 Å². The molecule has 1 saturated heterocycles. The smallest absolute Gasteiger partial charge is 0.234 e. The van der Waals surface area contributed by atoms with Crippen LogP contribution in [-0.4, -0.2) is 26.6 Å². The summed E-state index contributed by atoms with van der Waals surface area (Å²) in [5.41, 5.74) is 0.114. The van der Waals surface area contributed by atoms with Gasteiger partial charge in [0, 0.05) is 5.41 Å². The largest absolute Gasteiger partial charge is 0.376 e. The minimum Gasteiger partial charge on any atom is -0.376 e. The molecule has 100 valence electrons. The number of hydrogen-bond donors (Lipinski definition) is 1. The van der Waals surface area contributed by atoms with E-state index in [0.29, 0.717) is 13.2 Å². The minimum absolute atomic E-state index is 0.292. The van der Waals surface area contributed by atoms with Crippen LogP contribution in [0.25, 0.3) is 10.2 Å². The Bertz CT molecular complexity index is 699. The molecule has 1 fully saturated rings. The van der Waals surface area contributed by atoms with Gasteiger partial charge in [0.05, 0.1) is 23.4 Å². The molecule has 1 aromatic heterocycles. The monoisotopic (exact) mass is 296 g/mol. The van der Waals surface area contributed by atoms with Crippen molar-refractivity contribution >= 4 is 31.6 Å². The van der Waals surface area contributed by atoms with E-state index in [1.165, 1.54) is 11.3 Å². The third-order valence-electron chi connectivity index (χ3n) is 2.96. The van der Waals surface area contributed by atoms with E-state index in [1.54, 1.807) is 0 Å². The molecule has 3 rings (SSSR count). The summed E-state index contributed by atoms with van der Waals surface area (Å²) in [4.78, 5) is 4.50. The highest BCUT2D eigenvalue weighted by atomic mass is 32.2. The summed E-state index contributed by atoms with van der Waals surface area (Å²) in [7, 11) is -3.52. The van der Waals surface area contributed by atoms with Gasteiger partial charge in [-0.05, 0) is 12.1 Å². The highest BCUT2D eigenvalue weighted by molar-refractivity contribution is 7.92. The molecule has 0 unspecified atom stereocenters. The fourth-order valence-corrected chi connectivity index (χ4v) is 3.91. The zero-order valence-corrected chi connectivity index (χ0v) is 11.6. The van der Waals surface area contributed by atoms with Crippen LogP contribution in [0.2, 0.25) is 0 Å². The molecule has 5 nitrogen and oxygen atoms in total. The predicted molar refractivity (Wildman–Crippen MR) is 74.4 cm³/mol. The van der Waals surface area contributed by atoms with E-state index in [2.05, 4.69) is 16.3 Å². The normalized spacial score (nSPS) is 18.1. The van der Waals surface area contributed by atoms with Crippen molar-refractivity contribution in [2.75, 3.05) is 13.2 Å². The Hall–Kier alpha value is -1.28. The van der Waals surface area contributed by atoms with Crippen LogP contribution in [0.4, 0.5) is 0 Å². The van der Waals surface area contributed by atoms with E-state index in [-0.39, 0.29) is 0 Å². The number of aromatic nitrogens is 1. The summed E-state index contributed by atoms with van der Waals surface area (Å²) < 4.78 is 32.2. The second-order valence-electron chi connectivity index (χ2n) is 4.38. The lowest BCUT2D eigenvalue weighted by Gasteiger charge is -2.39. The molecule has 19 heavy (non-hydrogen) atoms. The number of thiazole rings is 1. The third kappa shape index (κ3) is 2.18. The molecule has 0 bridgehead atoms. The van der Waals surface area contributed by atoms with Gasteiger partial charge in [-0.25, -0.2) is 13.4 Å². The Balaban J connectivity index is 2.04. The van der Waals surface area contributed by atoms with Gasteiger partial charge in [-0.1, -0.05) is 18.7 Å². The first-order chi connectivity index (χ1) is 9.05. The molecule has 0 atom stereocenters. The summed E-state index contributed by atoms with van der Waals surface area (Å²) in [6.07, 6.45) is 0. The number of fused-ring (bicyclic) bond motifs is 1. The van der Waals surface area contributed by atoms with Gasteiger partial charge in [-0.2, -0.15) is 4.72 Å². The fraction of sp³-hybridized carbons (Fsp3) is 0.250. The summed E-state index contributed by atoms with van der Waals surface area (Å²) in [5.74, 6) is 0. The molecule has 0 aliphatic carbocycles. The average Bonchev–Trinajstić information content (AvgIpc) is 2.77. The maximum absolute atomic E-state index is 11.7. The number of nitrogens with one attached hydrogen (secondary N) is 1. The lowest BCUT2D eigenvalue weighted by molar-refractivity contribution is -0.0662. The predicted octanol–water partition coefficient (Wildman–Crippen LogP) is 1.58. The van der Waals surface area contributed by atoms with Crippen molar-refractivity contribution in [3.63, 3.8) is 0 Å². The minimum atomic E-state index is -3.52. The lowest BCUT2D eigenvalue weighted by Crippen LogP contribution is -2.58. The Labute approximate surface area is 115 Å². The van der Waals surface area contributed by atoms with Gasteiger partial charge in [-0.15, -0.1) is 11.3 Å². The van der Waals surface area contributed by atoms with Crippen molar-refractivity contribution in [1.82, 2.24) is 9.71 Å². The molecular weight excluding hydrogens is 284 g/mol. The van der Waals surface area contributed by atoms with E-state index in [1.807, 2.05) is 24.3 Å². The van der Waals surface area contributed by atoms with Crippen molar-refractivity contribution in [2.24, 2.45) is 0 Å². The molecule has 0 amide bonds. The first kappa shape index (κ1) is 12.7. The van der Waals surface area contributed by atoms with Crippen molar-refractivity contribution < 1.29 is 13.2 Å². The quantitative estimate of drug-likeness (QED) is 0.930. The molecule has 1 aliphatic heterocycles. The highest BCUT2D eigenvalue weighted by Crippen LogP contribution is 2.35. The van der Waals surface area contributed by atoms with E-state index in [4.69, 9.17) is 4.74 Å². The Kier molecular flexibility index (Phi) is 2.94. The summed E-state index contributed by atoms with van der Waals surface area (Å²) >= 11 is 1.48. The molecule has 0 spiro atoms. The lowest BCUT2D eigenvalue weighted by atomic mass is 10.0. The first-order valence-electron chi connectivity index (χ1n) is 5.65. The fourth-order valence-electron chi connectivity index (χ4n) is 1.92. The Morgan fingerprint density at radius 1 is 1.42 bits per heavy atom. The number of ether oxygens (including phenoxy) is 1. The summed E-state index contributed by atoms with van der Waals surface area (Å²) in [5, 5.41) is 1.63. The number of sulfonamides is 1. The topological polar surface area (TPSA) is 68.3 Å². The van der Waals surface area contributed by atoms with Crippen LogP contribution in [0.5, 0.6) is 0 Å². The van der Waals surface area contributed by atoms with E-state index >= 15 is 0 Å². The van der Waals surface area contributed by atoms with Crippen molar-refractivity contribution in [2.45, 2.75) is 5.54 Å². The second-order valence-corrected chi connectivity index (χ2v) is 7.03. The van der Waals surface area contributed by atoms with Crippen molar-refractivity contribution in [3.8, 4) is 0 Å². The van der Waals surface area contributed by atoms with Crippen LogP contribution < -0.4 is 4.72 Å². The van der Waals surface area contributed by atoms with Crippen LogP contribution in [-0.2, 0) is 20.3 Å². The molecule has 1 N–H and O–H groups in total. The molecule has 2 heterocycles. The molecule has 0 radical (unpaired) electrons. The number of rotatable bonds is 4. The van der Waals surface area contributed by atoms with Gasteiger partial charge in [0.15, 0.2) is 0 Å². The van der Waals surface area contributed by atoms with Crippen molar-refractivity contribution in [1.29, 1.82) is 0 Å². The average molecular weight is 296 g/mol. The van der Waals surface area contributed by atoms with Crippen LogP contribution in [0.15, 0.2) is 36.3 Å². The number of benzene rings is 1. The molecule has 1 aliphatic rings. The van der Waals surface area contributed by atoms with E-state index in [9.17, 15) is 8.42 Å². The van der Waals surface area contributed by atoms with Crippen LogP contribution >= 0.6 is 11.3 Å². The number of hydrogen-bond acceptors (Lipinski definition) is 5. The SMILES string of the molecule is C=CS(=O)(=O)NC1(c2nc3ccccc3s2)COC1. The van der Waals surface area contributed by atoms with Gasteiger partial charge in [-0.3, -0.25) is 0 Å². The van der Waals surface area contributed by atoms with Crippen LogP contribution in [0, 0.1) is 0 Å². The van der Waals surface area contributed by atoms with Gasteiger partial charge >= 0.3 is 0 Å². The van der Waals surface area contributed by atoms with Gasteiger partial charge < -0.3 is 4.74 Å². The molecule has 7 heteroatoms. The maximum Gasteiger partial charge on any atom is 0.234 e. The maximum atomic E-state index is 11.7. The summed E-state index contributed by atoms with van der Waals surface area (Å²) in [6, 6.07) is 7.71. The third-order valence-corrected chi connectivity index (χ3v) is 5.31. The molecule has 0 saturated carbocycles. The molecule has 1 aromatic carbocycles. The summed E-state index contributed by atoms with van der Waals surface area (Å²) in [6.45, 7) is 3.89. The molecule has 2 aromatic rings. The standard InChI is InChI=1S/C12H12N2O3S2/c1-2-19(15,16)14-12(7-17-8-12)11-13-9-5-3-4-6-10(9)18-11/h2-6,14H,1,7-8H2. The zero-order chi connectivity index (χ0) is 13.5. The van der Waals surface area contributed by atoms with Gasteiger partial charge in [0.1, 0.15) is 10.5 Å². The van der Waals surface area contributed by atoms with Gasteiger partial charge in [0.2, 0.25) is 10.0 Å². The van der Waals surface area contributed by atoms with Crippen molar-refractivity contribution in [3.05, 3.63) is 41.3 Å². The zero-order valence-electron chi connectivity index (χ0n) is 10.00. The van der Waals surface area contributed by atoms with Gasteiger partial charge in [0.25, 0.3) is 0 Å². The van der Waals surface area contributed by atoms with Crippen LogP contribution in [0.3, 0.4) is 0 Å². The Morgan fingerprint density at radius 3 is 2.74 bits per heavy atom. The second kappa shape index (κ2) is 4.38. The number of nitrogens with zero attached hydrogens (tertiary/aromatic N) is 1. The highest BCUT2D eigenvalue weighted by Gasteiger charge is 2.45. The Morgan fingerprint density at radius 2 is 2.16 bits per heavy atom.